The molecular weight excluding hydrogens is 322 g/mol. The van der Waals surface area contributed by atoms with E-state index in [-0.39, 0.29) is 0 Å². The number of aliphatic imine (C=N–C) groups is 1. The van der Waals surface area contributed by atoms with Gasteiger partial charge in [-0.05, 0) is 22.9 Å². The van der Waals surface area contributed by atoms with Crippen LogP contribution in [0.3, 0.4) is 0 Å². The van der Waals surface area contributed by atoms with Crippen molar-refractivity contribution in [3.8, 4) is 5.75 Å². The van der Waals surface area contributed by atoms with Crippen molar-refractivity contribution in [1.29, 1.82) is 0 Å². The fourth-order valence-electron chi connectivity index (χ4n) is 3.43. The summed E-state index contributed by atoms with van der Waals surface area (Å²) < 4.78 is 5.52. The number of methoxy groups -OCH3 is 1. The fourth-order valence-corrected chi connectivity index (χ4v) is 3.43. The Morgan fingerprint density at radius 2 is 1.65 bits per heavy atom. The molecule has 0 aliphatic carbocycles. The number of nitrogens with one attached hydrogen (secondary N) is 1. The molecule has 0 atom stereocenters. The van der Waals surface area contributed by atoms with Crippen molar-refractivity contribution < 1.29 is 4.74 Å². The number of nitrogens with zero attached hydrogens (tertiary/aromatic N) is 2. The Bertz CT molecular complexity index is 924. The van der Waals surface area contributed by atoms with Gasteiger partial charge < -0.3 is 15.0 Å². The molecule has 1 aliphatic rings. The SMILES string of the molecule is COc1ccccc1N=C(c1cccc2ccccc12)N1CCNCC1. The molecule has 26 heavy (non-hydrogen) atoms. The summed E-state index contributed by atoms with van der Waals surface area (Å²) in [6.07, 6.45) is 0. The molecule has 0 aromatic heterocycles. The predicted molar refractivity (Wildman–Crippen MR) is 108 cm³/mol. The van der Waals surface area contributed by atoms with Gasteiger partial charge in [0.05, 0.1) is 7.11 Å². The van der Waals surface area contributed by atoms with Gasteiger partial charge in [-0.2, -0.15) is 0 Å². The van der Waals surface area contributed by atoms with Gasteiger partial charge in [0.1, 0.15) is 17.3 Å². The molecular formula is C22H23N3O. The highest BCUT2D eigenvalue weighted by Crippen LogP contribution is 2.29. The normalized spacial score (nSPS) is 15.3. The average Bonchev–Trinajstić information content (AvgIpc) is 2.72. The first kappa shape index (κ1) is 16.6. The van der Waals surface area contributed by atoms with E-state index >= 15 is 0 Å². The maximum Gasteiger partial charge on any atom is 0.144 e. The fraction of sp³-hybridized carbons (Fsp3) is 0.227. The number of ether oxygens (including phenoxy) is 1. The number of rotatable bonds is 3. The number of benzene rings is 3. The molecule has 1 heterocycles. The van der Waals surface area contributed by atoms with Crippen LogP contribution in [-0.4, -0.2) is 44.0 Å². The van der Waals surface area contributed by atoms with E-state index in [1.54, 1.807) is 7.11 Å². The van der Waals surface area contributed by atoms with Crippen LogP contribution in [0.4, 0.5) is 5.69 Å². The zero-order valence-corrected chi connectivity index (χ0v) is 15.0. The van der Waals surface area contributed by atoms with Gasteiger partial charge in [0.2, 0.25) is 0 Å². The van der Waals surface area contributed by atoms with Crippen molar-refractivity contribution >= 4 is 22.3 Å². The lowest BCUT2D eigenvalue weighted by atomic mass is 10.0. The van der Waals surface area contributed by atoms with E-state index in [4.69, 9.17) is 9.73 Å². The molecule has 132 valence electrons. The van der Waals surface area contributed by atoms with Crippen molar-refractivity contribution in [3.05, 3.63) is 72.3 Å². The molecule has 0 radical (unpaired) electrons. The van der Waals surface area contributed by atoms with E-state index in [0.29, 0.717) is 0 Å². The molecule has 3 aromatic rings. The van der Waals surface area contributed by atoms with Gasteiger partial charge in [-0.15, -0.1) is 0 Å². The summed E-state index contributed by atoms with van der Waals surface area (Å²) in [5.74, 6) is 1.80. The van der Waals surface area contributed by atoms with Crippen LogP contribution in [0.15, 0.2) is 71.7 Å². The first-order chi connectivity index (χ1) is 12.9. The van der Waals surface area contributed by atoms with E-state index in [0.717, 1.165) is 49.0 Å². The number of amidine groups is 1. The first-order valence-corrected chi connectivity index (χ1v) is 9.02. The molecule has 3 aromatic carbocycles. The maximum atomic E-state index is 5.52. The average molecular weight is 345 g/mol. The minimum absolute atomic E-state index is 0.792. The first-order valence-electron chi connectivity index (χ1n) is 9.02. The minimum Gasteiger partial charge on any atom is -0.494 e. The lowest BCUT2D eigenvalue weighted by Gasteiger charge is -2.31. The van der Waals surface area contributed by atoms with Crippen LogP contribution in [0.25, 0.3) is 10.8 Å². The van der Waals surface area contributed by atoms with Gasteiger partial charge in [0.25, 0.3) is 0 Å². The largest absolute Gasteiger partial charge is 0.494 e. The van der Waals surface area contributed by atoms with Crippen LogP contribution >= 0.6 is 0 Å². The summed E-state index contributed by atoms with van der Waals surface area (Å²) in [4.78, 5) is 7.43. The molecule has 0 amide bonds. The monoisotopic (exact) mass is 345 g/mol. The molecule has 4 heteroatoms. The highest BCUT2D eigenvalue weighted by molar-refractivity contribution is 6.10. The Morgan fingerprint density at radius 3 is 2.50 bits per heavy atom. The number of hydrogen-bond donors (Lipinski definition) is 1. The molecule has 0 spiro atoms. The molecule has 0 unspecified atom stereocenters. The van der Waals surface area contributed by atoms with E-state index < -0.39 is 0 Å². The molecule has 0 saturated carbocycles. The highest BCUT2D eigenvalue weighted by Gasteiger charge is 2.19. The van der Waals surface area contributed by atoms with Crippen LogP contribution in [0.2, 0.25) is 0 Å². The van der Waals surface area contributed by atoms with Crippen molar-refractivity contribution in [2.24, 2.45) is 4.99 Å². The third-order valence-electron chi connectivity index (χ3n) is 4.76. The van der Waals surface area contributed by atoms with Gasteiger partial charge >= 0.3 is 0 Å². The van der Waals surface area contributed by atoms with Crippen LogP contribution in [-0.2, 0) is 0 Å². The van der Waals surface area contributed by atoms with Crippen LogP contribution < -0.4 is 10.1 Å². The molecule has 1 saturated heterocycles. The van der Waals surface area contributed by atoms with Gasteiger partial charge in [-0.1, -0.05) is 54.6 Å². The molecule has 1 aliphatic heterocycles. The lowest BCUT2D eigenvalue weighted by molar-refractivity contribution is 0.358. The number of para-hydroxylation sites is 2. The second-order valence-electron chi connectivity index (χ2n) is 6.37. The smallest absolute Gasteiger partial charge is 0.144 e. The van der Waals surface area contributed by atoms with Crippen LogP contribution in [0, 0.1) is 0 Å². The summed E-state index contributed by atoms with van der Waals surface area (Å²) in [5.41, 5.74) is 2.02. The van der Waals surface area contributed by atoms with E-state index in [9.17, 15) is 0 Å². The third kappa shape index (κ3) is 3.28. The summed E-state index contributed by atoms with van der Waals surface area (Å²) >= 11 is 0. The topological polar surface area (TPSA) is 36.9 Å². The number of hydrogen-bond acceptors (Lipinski definition) is 3. The van der Waals surface area contributed by atoms with E-state index in [2.05, 4.69) is 52.7 Å². The van der Waals surface area contributed by atoms with Gasteiger partial charge in [0, 0.05) is 31.7 Å². The molecule has 1 fully saturated rings. The summed E-state index contributed by atoms with van der Waals surface area (Å²) in [5, 5.41) is 5.88. The standard InChI is InChI=1S/C22H23N3O/c1-26-21-12-5-4-11-20(21)24-22(25-15-13-23-14-16-25)19-10-6-8-17-7-2-3-9-18(17)19/h2-12,23H,13-16H2,1H3. The van der Waals surface area contributed by atoms with Crippen molar-refractivity contribution in [1.82, 2.24) is 10.2 Å². The third-order valence-corrected chi connectivity index (χ3v) is 4.76. The molecule has 0 bridgehead atoms. The van der Waals surface area contributed by atoms with Gasteiger partial charge in [-0.3, -0.25) is 0 Å². The Morgan fingerprint density at radius 1 is 0.923 bits per heavy atom. The van der Waals surface area contributed by atoms with Gasteiger partial charge in [-0.25, -0.2) is 4.99 Å². The van der Waals surface area contributed by atoms with Crippen molar-refractivity contribution in [2.45, 2.75) is 0 Å². The Kier molecular flexibility index (Phi) is 4.84. The summed E-state index contributed by atoms with van der Waals surface area (Å²) in [6, 6.07) is 22.8. The molecule has 4 nitrogen and oxygen atoms in total. The maximum absolute atomic E-state index is 5.52. The van der Waals surface area contributed by atoms with Crippen LogP contribution in [0.1, 0.15) is 5.56 Å². The van der Waals surface area contributed by atoms with E-state index in [1.807, 2.05) is 24.3 Å². The zero-order valence-electron chi connectivity index (χ0n) is 15.0. The summed E-state index contributed by atoms with van der Waals surface area (Å²) in [6.45, 7) is 3.82. The second kappa shape index (κ2) is 7.58. The van der Waals surface area contributed by atoms with E-state index in [1.165, 1.54) is 10.8 Å². The number of fused-ring (bicyclic) bond motifs is 1. The van der Waals surface area contributed by atoms with Crippen molar-refractivity contribution in [3.63, 3.8) is 0 Å². The van der Waals surface area contributed by atoms with Gasteiger partial charge in [0.15, 0.2) is 0 Å². The predicted octanol–water partition coefficient (Wildman–Crippen LogP) is 3.83. The van der Waals surface area contributed by atoms with Crippen molar-refractivity contribution in [2.75, 3.05) is 33.3 Å². The van der Waals surface area contributed by atoms with Crippen LogP contribution in [0.5, 0.6) is 5.75 Å². The number of piperazine rings is 1. The zero-order chi connectivity index (χ0) is 17.8. The minimum atomic E-state index is 0.792. The Balaban J connectivity index is 1.89. The Labute approximate surface area is 154 Å². The molecule has 1 N–H and O–H groups in total. The molecule has 4 rings (SSSR count). The Hall–Kier alpha value is -2.85. The summed E-state index contributed by atoms with van der Waals surface area (Å²) in [7, 11) is 1.69. The second-order valence-corrected chi connectivity index (χ2v) is 6.37. The highest BCUT2D eigenvalue weighted by atomic mass is 16.5. The lowest BCUT2D eigenvalue weighted by Crippen LogP contribution is -2.46. The quantitative estimate of drug-likeness (QED) is 0.579.